The quantitative estimate of drug-likeness (QED) is 0.840. The minimum absolute atomic E-state index is 0.454. The molecule has 0 aromatic heterocycles. The standard InChI is InChI=1S/C15H12ClNO/c16-14-4-2-1-3-13(14)12-8-5-11(6-9-12)7-10-15(17)18/h1-10H,(H2,17,18). The van der Waals surface area contributed by atoms with Gasteiger partial charge in [-0.05, 0) is 23.3 Å². The maximum atomic E-state index is 10.6. The molecule has 2 N–H and O–H groups in total. The third-order valence-electron chi connectivity index (χ3n) is 2.54. The zero-order chi connectivity index (χ0) is 13.0. The first-order valence-electron chi connectivity index (χ1n) is 5.49. The van der Waals surface area contributed by atoms with Crippen molar-refractivity contribution in [3.05, 3.63) is 65.2 Å². The Morgan fingerprint density at radius 3 is 2.33 bits per heavy atom. The molecule has 1 amide bonds. The molecular formula is C15H12ClNO. The first-order chi connectivity index (χ1) is 8.66. The van der Waals surface area contributed by atoms with Crippen LogP contribution in [0.25, 0.3) is 17.2 Å². The summed E-state index contributed by atoms with van der Waals surface area (Å²) in [4.78, 5) is 10.6. The van der Waals surface area contributed by atoms with E-state index < -0.39 is 5.91 Å². The molecule has 0 atom stereocenters. The predicted molar refractivity (Wildman–Crippen MR) is 75.1 cm³/mol. The monoisotopic (exact) mass is 257 g/mol. The van der Waals surface area contributed by atoms with E-state index in [9.17, 15) is 4.79 Å². The summed E-state index contributed by atoms with van der Waals surface area (Å²) in [6, 6.07) is 15.4. The van der Waals surface area contributed by atoms with Crippen molar-refractivity contribution in [3.63, 3.8) is 0 Å². The highest BCUT2D eigenvalue weighted by Crippen LogP contribution is 2.27. The minimum atomic E-state index is -0.454. The smallest absolute Gasteiger partial charge is 0.241 e. The summed E-state index contributed by atoms with van der Waals surface area (Å²) in [6.07, 6.45) is 3.02. The Morgan fingerprint density at radius 1 is 1.06 bits per heavy atom. The van der Waals surface area contributed by atoms with Gasteiger partial charge in [0.1, 0.15) is 0 Å². The van der Waals surface area contributed by atoms with Crippen molar-refractivity contribution in [2.24, 2.45) is 5.73 Å². The van der Waals surface area contributed by atoms with Gasteiger partial charge >= 0.3 is 0 Å². The Hall–Kier alpha value is -2.06. The Kier molecular flexibility index (Phi) is 3.80. The molecule has 18 heavy (non-hydrogen) atoms. The van der Waals surface area contributed by atoms with Crippen LogP contribution in [0.4, 0.5) is 0 Å². The molecule has 90 valence electrons. The van der Waals surface area contributed by atoms with Crippen LogP contribution in [0.5, 0.6) is 0 Å². The first-order valence-corrected chi connectivity index (χ1v) is 5.87. The number of amides is 1. The maximum absolute atomic E-state index is 10.6. The van der Waals surface area contributed by atoms with Crippen LogP contribution < -0.4 is 5.73 Å². The van der Waals surface area contributed by atoms with Crippen LogP contribution in [0.2, 0.25) is 5.02 Å². The van der Waals surface area contributed by atoms with E-state index in [0.29, 0.717) is 0 Å². The summed E-state index contributed by atoms with van der Waals surface area (Å²) in [5.74, 6) is -0.454. The Bertz CT molecular complexity index is 588. The van der Waals surface area contributed by atoms with Crippen molar-refractivity contribution in [2.75, 3.05) is 0 Å². The van der Waals surface area contributed by atoms with Crippen LogP contribution in [0.3, 0.4) is 0 Å². The molecule has 0 aliphatic rings. The van der Waals surface area contributed by atoms with Crippen LogP contribution in [0.15, 0.2) is 54.6 Å². The van der Waals surface area contributed by atoms with Crippen LogP contribution in [0.1, 0.15) is 5.56 Å². The van der Waals surface area contributed by atoms with Gasteiger partial charge in [-0.15, -0.1) is 0 Å². The number of benzene rings is 2. The van der Waals surface area contributed by atoms with Crippen LogP contribution in [-0.4, -0.2) is 5.91 Å². The average Bonchev–Trinajstić information content (AvgIpc) is 2.38. The highest BCUT2D eigenvalue weighted by Gasteiger charge is 2.01. The van der Waals surface area contributed by atoms with E-state index in [0.717, 1.165) is 21.7 Å². The molecule has 0 saturated heterocycles. The van der Waals surface area contributed by atoms with Gasteiger partial charge in [-0.25, -0.2) is 0 Å². The molecule has 0 aliphatic heterocycles. The second-order valence-corrected chi connectivity index (χ2v) is 4.24. The summed E-state index contributed by atoms with van der Waals surface area (Å²) in [5, 5.41) is 0.720. The van der Waals surface area contributed by atoms with E-state index in [1.165, 1.54) is 6.08 Å². The second kappa shape index (κ2) is 5.52. The Balaban J connectivity index is 2.28. The number of carbonyl (C=O) groups is 1. The summed E-state index contributed by atoms with van der Waals surface area (Å²) in [7, 11) is 0. The number of hydrogen-bond acceptors (Lipinski definition) is 1. The molecule has 3 heteroatoms. The second-order valence-electron chi connectivity index (χ2n) is 3.84. The van der Waals surface area contributed by atoms with Crippen molar-refractivity contribution in [3.8, 4) is 11.1 Å². The Labute approximate surface area is 111 Å². The third kappa shape index (κ3) is 2.99. The molecule has 0 heterocycles. The van der Waals surface area contributed by atoms with E-state index in [1.807, 2.05) is 48.5 Å². The van der Waals surface area contributed by atoms with E-state index in [2.05, 4.69) is 0 Å². The SMILES string of the molecule is NC(=O)C=Cc1ccc(-c2ccccc2Cl)cc1. The van der Waals surface area contributed by atoms with Crippen molar-refractivity contribution in [1.82, 2.24) is 0 Å². The van der Waals surface area contributed by atoms with Crippen molar-refractivity contribution in [1.29, 1.82) is 0 Å². The number of hydrogen-bond donors (Lipinski definition) is 1. The number of halogens is 1. The van der Waals surface area contributed by atoms with Crippen molar-refractivity contribution in [2.45, 2.75) is 0 Å². The van der Waals surface area contributed by atoms with Gasteiger partial charge in [0, 0.05) is 16.7 Å². The molecule has 0 aliphatic carbocycles. The van der Waals surface area contributed by atoms with Gasteiger partial charge in [0.05, 0.1) is 0 Å². The highest BCUT2D eigenvalue weighted by molar-refractivity contribution is 6.33. The topological polar surface area (TPSA) is 43.1 Å². The molecule has 2 aromatic rings. The summed E-state index contributed by atoms with van der Waals surface area (Å²) in [5.41, 5.74) is 7.99. The van der Waals surface area contributed by atoms with Crippen LogP contribution in [-0.2, 0) is 4.79 Å². The molecule has 0 saturated carbocycles. The zero-order valence-electron chi connectivity index (χ0n) is 9.64. The molecule has 0 spiro atoms. The highest BCUT2D eigenvalue weighted by atomic mass is 35.5. The fourth-order valence-corrected chi connectivity index (χ4v) is 1.89. The molecule has 0 bridgehead atoms. The minimum Gasteiger partial charge on any atom is -0.366 e. The van der Waals surface area contributed by atoms with Crippen molar-refractivity contribution >= 4 is 23.6 Å². The average molecular weight is 258 g/mol. The molecule has 2 aromatic carbocycles. The van der Waals surface area contributed by atoms with Crippen molar-refractivity contribution < 1.29 is 4.79 Å². The molecule has 0 unspecified atom stereocenters. The normalized spacial score (nSPS) is 10.7. The molecule has 0 fully saturated rings. The number of carbonyl (C=O) groups excluding carboxylic acids is 1. The maximum Gasteiger partial charge on any atom is 0.241 e. The van der Waals surface area contributed by atoms with Gasteiger partial charge in [-0.3, -0.25) is 4.79 Å². The number of rotatable bonds is 3. The van der Waals surface area contributed by atoms with Gasteiger partial charge in [-0.2, -0.15) is 0 Å². The molecule has 0 radical (unpaired) electrons. The number of primary amides is 1. The first kappa shape index (κ1) is 12.4. The van der Waals surface area contributed by atoms with Gasteiger partial charge in [-0.1, -0.05) is 54.1 Å². The summed E-state index contributed by atoms with van der Waals surface area (Å²) >= 11 is 6.13. The largest absolute Gasteiger partial charge is 0.366 e. The van der Waals surface area contributed by atoms with Crippen LogP contribution >= 0.6 is 11.6 Å². The van der Waals surface area contributed by atoms with Gasteiger partial charge < -0.3 is 5.73 Å². The van der Waals surface area contributed by atoms with E-state index in [4.69, 9.17) is 17.3 Å². The third-order valence-corrected chi connectivity index (χ3v) is 2.87. The molecule has 2 nitrogen and oxygen atoms in total. The van der Waals surface area contributed by atoms with Gasteiger partial charge in [0.25, 0.3) is 0 Å². The Morgan fingerprint density at radius 2 is 1.72 bits per heavy atom. The predicted octanol–water partition coefficient (Wildman–Crippen LogP) is 3.51. The van der Waals surface area contributed by atoms with E-state index in [1.54, 1.807) is 6.08 Å². The van der Waals surface area contributed by atoms with Gasteiger partial charge in [0.15, 0.2) is 0 Å². The zero-order valence-corrected chi connectivity index (χ0v) is 10.4. The number of nitrogens with two attached hydrogens (primary N) is 1. The van der Waals surface area contributed by atoms with Crippen LogP contribution in [0, 0.1) is 0 Å². The summed E-state index contributed by atoms with van der Waals surface area (Å²) in [6.45, 7) is 0. The van der Waals surface area contributed by atoms with E-state index >= 15 is 0 Å². The van der Waals surface area contributed by atoms with E-state index in [-0.39, 0.29) is 0 Å². The fourth-order valence-electron chi connectivity index (χ4n) is 1.65. The lowest BCUT2D eigenvalue weighted by Gasteiger charge is -2.04. The lowest BCUT2D eigenvalue weighted by atomic mass is 10.0. The fraction of sp³-hybridized carbons (Fsp3) is 0. The lowest BCUT2D eigenvalue weighted by Crippen LogP contribution is -2.04. The summed E-state index contributed by atoms with van der Waals surface area (Å²) < 4.78 is 0. The lowest BCUT2D eigenvalue weighted by molar-refractivity contribution is -0.113. The molecule has 2 rings (SSSR count). The van der Waals surface area contributed by atoms with Gasteiger partial charge in [0.2, 0.25) is 5.91 Å². The molecular weight excluding hydrogens is 246 g/mol.